The Morgan fingerprint density at radius 2 is 1.97 bits per heavy atom. The molecule has 3 aliphatic rings. The van der Waals surface area contributed by atoms with Gasteiger partial charge in [-0.15, -0.1) is 0 Å². The number of halogens is 1. The summed E-state index contributed by atoms with van der Waals surface area (Å²) in [5, 5.41) is 8.10. The van der Waals surface area contributed by atoms with Crippen molar-refractivity contribution in [3.05, 3.63) is 58.6 Å². The number of benzene rings is 2. The Morgan fingerprint density at radius 1 is 1.17 bits per heavy atom. The molecule has 0 unspecified atom stereocenters. The minimum Gasteiger partial charge on any atom is -0.493 e. The van der Waals surface area contributed by atoms with E-state index in [0.29, 0.717) is 0 Å². The van der Waals surface area contributed by atoms with E-state index in [1.165, 1.54) is 6.42 Å². The van der Waals surface area contributed by atoms with Gasteiger partial charge in [0.2, 0.25) is 5.72 Å². The first-order chi connectivity index (χ1) is 14.6. The zero-order valence-corrected chi connectivity index (χ0v) is 18.4. The maximum Gasteiger partial charge on any atom is 0.200 e. The number of ether oxygens (including phenoxy) is 2. The van der Waals surface area contributed by atoms with E-state index in [1.807, 2.05) is 30.3 Å². The molecule has 3 heterocycles. The van der Waals surface area contributed by atoms with E-state index in [-0.39, 0.29) is 6.04 Å². The lowest BCUT2D eigenvalue weighted by molar-refractivity contribution is -0.150. The number of fused-ring (bicyclic) bond motifs is 4. The maximum absolute atomic E-state index is 6.77. The summed E-state index contributed by atoms with van der Waals surface area (Å²) in [5.74, 6) is 1.68. The number of likely N-dealkylation sites (tertiary alicyclic amines) is 1. The molecule has 1 atom stereocenters. The molecule has 0 aromatic heterocycles. The third-order valence-electron chi connectivity index (χ3n) is 6.57. The summed E-state index contributed by atoms with van der Waals surface area (Å²) in [4.78, 5) is 2.52. The normalized spacial score (nSPS) is 22.3. The molecule has 0 bridgehead atoms. The Bertz CT molecular complexity index is 969. The van der Waals surface area contributed by atoms with Crippen molar-refractivity contribution in [3.8, 4) is 11.5 Å². The third kappa shape index (κ3) is 3.15. The maximum atomic E-state index is 6.77. The number of hydrogen-bond donors (Lipinski definition) is 0. The van der Waals surface area contributed by atoms with Crippen LogP contribution in [0.15, 0.2) is 47.6 Å². The molecule has 5 rings (SSSR count). The molecule has 6 heteroatoms. The highest BCUT2D eigenvalue weighted by atomic mass is 35.5. The van der Waals surface area contributed by atoms with Crippen LogP contribution in [0.1, 0.15) is 49.8 Å². The van der Waals surface area contributed by atoms with E-state index < -0.39 is 5.72 Å². The predicted molar refractivity (Wildman–Crippen MR) is 120 cm³/mol. The van der Waals surface area contributed by atoms with Crippen LogP contribution in [0.25, 0.3) is 0 Å². The number of para-hydroxylation sites is 1. The quantitative estimate of drug-likeness (QED) is 0.683. The first-order valence-corrected chi connectivity index (χ1v) is 11.2. The molecule has 2 aromatic carbocycles. The average molecular weight is 426 g/mol. The van der Waals surface area contributed by atoms with Crippen LogP contribution in [-0.4, -0.2) is 48.1 Å². The Kier molecular flexibility index (Phi) is 5.11. The van der Waals surface area contributed by atoms with Crippen LogP contribution >= 0.6 is 11.6 Å². The highest BCUT2D eigenvalue weighted by molar-refractivity contribution is 6.34. The van der Waals surface area contributed by atoms with Gasteiger partial charge in [0, 0.05) is 48.5 Å². The summed E-state index contributed by atoms with van der Waals surface area (Å²) in [6.07, 6.45) is 3.82. The van der Waals surface area contributed by atoms with E-state index in [0.717, 1.165) is 72.3 Å². The fourth-order valence-corrected chi connectivity index (χ4v) is 5.31. The molecule has 2 aromatic rings. The van der Waals surface area contributed by atoms with Crippen LogP contribution in [0, 0.1) is 0 Å². The van der Waals surface area contributed by atoms with Crippen LogP contribution < -0.4 is 9.47 Å². The number of methoxy groups -OCH3 is 1. The fourth-order valence-electron chi connectivity index (χ4n) is 5.06. The highest BCUT2D eigenvalue weighted by Gasteiger charge is 2.52. The van der Waals surface area contributed by atoms with Gasteiger partial charge in [-0.3, -0.25) is 0 Å². The van der Waals surface area contributed by atoms with E-state index in [9.17, 15) is 0 Å². The molecule has 0 radical (unpaired) electrons. The molecule has 1 spiro atoms. The minimum absolute atomic E-state index is 0.132. The second-order valence-electron chi connectivity index (χ2n) is 8.36. The van der Waals surface area contributed by atoms with E-state index >= 15 is 0 Å². The first-order valence-electron chi connectivity index (χ1n) is 10.8. The smallest absolute Gasteiger partial charge is 0.200 e. The van der Waals surface area contributed by atoms with Gasteiger partial charge in [0.15, 0.2) is 11.5 Å². The summed E-state index contributed by atoms with van der Waals surface area (Å²) in [6.45, 7) is 5.39. The molecule has 0 saturated carbocycles. The SMILES string of the molecule is CCCN1CCC2(CC1)Oc1c(OC)cccc1[C@@H]1CC(c3ccccc3Cl)=NN12. The topological polar surface area (TPSA) is 37.3 Å². The zero-order chi connectivity index (χ0) is 20.7. The number of hydrogen-bond acceptors (Lipinski definition) is 5. The van der Waals surface area contributed by atoms with Crippen LogP contribution in [0.5, 0.6) is 11.5 Å². The summed E-state index contributed by atoms with van der Waals surface area (Å²) >= 11 is 6.52. The lowest BCUT2D eigenvalue weighted by Crippen LogP contribution is -2.59. The Labute approximate surface area is 183 Å². The molecule has 0 amide bonds. The molecule has 1 saturated heterocycles. The minimum atomic E-state index is -0.445. The van der Waals surface area contributed by atoms with Crippen LogP contribution in [0.3, 0.4) is 0 Å². The van der Waals surface area contributed by atoms with Crippen molar-refractivity contribution in [2.45, 2.75) is 44.4 Å². The van der Waals surface area contributed by atoms with Gasteiger partial charge in [-0.25, -0.2) is 5.01 Å². The van der Waals surface area contributed by atoms with Crippen molar-refractivity contribution < 1.29 is 9.47 Å². The predicted octanol–water partition coefficient (Wildman–Crippen LogP) is 5.09. The van der Waals surface area contributed by atoms with Gasteiger partial charge in [-0.1, -0.05) is 48.9 Å². The zero-order valence-electron chi connectivity index (χ0n) is 17.6. The second-order valence-corrected chi connectivity index (χ2v) is 8.77. The second kappa shape index (κ2) is 7.78. The molecule has 158 valence electrons. The highest BCUT2D eigenvalue weighted by Crippen LogP contribution is 2.52. The van der Waals surface area contributed by atoms with Gasteiger partial charge in [0.05, 0.1) is 18.9 Å². The van der Waals surface area contributed by atoms with E-state index in [2.05, 4.69) is 29.0 Å². The van der Waals surface area contributed by atoms with Crippen molar-refractivity contribution in [2.75, 3.05) is 26.7 Å². The van der Waals surface area contributed by atoms with E-state index in [4.69, 9.17) is 26.2 Å². The molecule has 3 aliphatic heterocycles. The summed E-state index contributed by atoms with van der Waals surface area (Å²) in [6, 6.07) is 14.3. The van der Waals surface area contributed by atoms with Crippen molar-refractivity contribution in [2.24, 2.45) is 5.10 Å². The Balaban J connectivity index is 1.56. The first kappa shape index (κ1) is 19.7. The number of nitrogens with zero attached hydrogens (tertiary/aromatic N) is 3. The van der Waals surface area contributed by atoms with Crippen LogP contribution in [-0.2, 0) is 0 Å². The number of rotatable bonds is 4. The van der Waals surface area contributed by atoms with E-state index in [1.54, 1.807) is 7.11 Å². The molecule has 30 heavy (non-hydrogen) atoms. The van der Waals surface area contributed by atoms with Gasteiger partial charge in [0.1, 0.15) is 0 Å². The lowest BCUT2D eigenvalue weighted by atomic mass is 9.90. The standard InChI is InChI=1S/C24H28ClN3O2/c1-3-13-27-14-11-24(12-15-27)28-21(18-8-6-10-22(29-2)23(18)30-24)16-20(26-28)17-7-4-5-9-19(17)25/h4-10,21H,3,11-16H2,1-2H3/t21-/m0/s1. The van der Waals surface area contributed by atoms with Crippen molar-refractivity contribution in [1.82, 2.24) is 9.91 Å². The molecule has 0 aliphatic carbocycles. The third-order valence-corrected chi connectivity index (χ3v) is 6.90. The Morgan fingerprint density at radius 3 is 2.70 bits per heavy atom. The summed E-state index contributed by atoms with van der Waals surface area (Å²) in [5.41, 5.74) is 2.73. The van der Waals surface area contributed by atoms with Crippen LogP contribution in [0.4, 0.5) is 0 Å². The van der Waals surface area contributed by atoms with Gasteiger partial charge < -0.3 is 14.4 Å². The van der Waals surface area contributed by atoms with Gasteiger partial charge >= 0.3 is 0 Å². The fraction of sp³-hybridized carbons (Fsp3) is 0.458. The van der Waals surface area contributed by atoms with Crippen LogP contribution in [0.2, 0.25) is 5.02 Å². The lowest BCUT2D eigenvalue weighted by Gasteiger charge is -2.51. The largest absolute Gasteiger partial charge is 0.493 e. The average Bonchev–Trinajstić information content (AvgIpc) is 3.22. The number of hydrazone groups is 1. The van der Waals surface area contributed by atoms with Crippen molar-refractivity contribution in [3.63, 3.8) is 0 Å². The molecule has 5 nitrogen and oxygen atoms in total. The van der Waals surface area contributed by atoms with Crippen molar-refractivity contribution >= 4 is 17.3 Å². The molecule has 1 fully saturated rings. The summed E-state index contributed by atoms with van der Waals surface area (Å²) < 4.78 is 12.4. The van der Waals surface area contributed by atoms with Gasteiger partial charge in [-0.2, -0.15) is 5.10 Å². The number of piperidine rings is 1. The van der Waals surface area contributed by atoms with Crippen molar-refractivity contribution in [1.29, 1.82) is 0 Å². The molecular formula is C24H28ClN3O2. The molecular weight excluding hydrogens is 398 g/mol. The van der Waals surface area contributed by atoms with Gasteiger partial charge in [-0.05, 0) is 25.1 Å². The Hall–Kier alpha value is -2.24. The summed E-state index contributed by atoms with van der Waals surface area (Å²) in [7, 11) is 1.71. The van der Waals surface area contributed by atoms with Gasteiger partial charge in [0.25, 0.3) is 0 Å². The molecule has 0 N–H and O–H groups in total. The monoisotopic (exact) mass is 425 g/mol.